The van der Waals surface area contributed by atoms with Crippen molar-refractivity contribution in [2.45, 2.75) is 95.5 Å². The lowest BCUT2D eigenvalue weighted by molar-refractivity contribution is -0.140. The van der Waals surface area contributed by atoms with Gasteiger partial charge < -0.3 is 35.0 Å². The number of aliphatic hydroxyl groups excluding tert-OH is 3. The summed E-state index contributed by atoms with van der Waals surface area (Å²) in [6.45, 7) is 0.327. The number of carbonyl (C=O) groups is 2. The van der Waals surface area contributed by atoms with Gasteiger partial charge in [-0.15, -0.1) is 0 Å². The number of rotatable bonds is 12. The van der Waals surface area contributed by atoms with Crippen molar-refractivity contribution in [1.82, 2.24) is 10.2 Å². The summed E-state index contributed by atoms with van der Waals surface area (Å²) in [5.74, 6) is 1.24. The highest BCUT2D eigenvalue weighted by molar-refractivity contribution is 14.1. The lowest BCUT2D eigenvalue weighted by atomic mass is 9.85. The Hall–Kier alpha value is -1.89. The second kappa shape index (κ2) is 15.5. The third kappa shape index (κ3) is 8.36. The highest BCUT2D eigenvalue weighted by atomic mass is 127. The molecule has 3 aliphatic rings. The number of halogens is 1. The van der Waals surface area contributed by atoms with Gasteiger partial charge in [0.1, 0.15) is 12.2 Å². The molecule has 41 heavy (non-hydrogen) atoms. The average molecular weight is 685 g/mol. The first-order valence-corrected chi connectivity index (χ1v) is 16.1. The molecule has 1 aromatic rings. The van der Waals surface area contributed by atoms with E-state index in [1.807, 2.05) is 4.90 Å². The summed E-state index contributed by atoms with van der Waals surface area (Å²) in [6.07, 6.45) is 10.3. The van der Waals surface area contributed by atoms with E-state index in [0.29, 0.717) is 51.0 Å². The molecule has 4 N–H and O–H groups in total. The minimum Gasteiger partial charge on any atom is -0.493 e. The maximum absolute atomic E-state index is 13.9. The van der Waals surface area contributed by atoms with Crippen LogP contribution in [0.4, 0.5) is 0 Å². The van der Waals surface area contributed by atoms with E-state index in [9.17, 15) is 24.9 Å². The zero-order valence-corrected chi connectivity index (χ0v) is 26.2. The molecule has 2 amide bonds. The summed E-state index contributed by atoms with van der Waals surface area (Å²) in [5, 5.41) is 33.5. The average Bonchev–Trinajstić information content (AvgIpc) is 3.50. The number of ether oxygens (including phenoxy) is 2. The topological polar surface area (TPSA) is 129 Å². The van der Waals surface area contributed by atoms with Crippen molar-refractivity contribution < 1.29 is 34.4 Å². The fourth-order valence-corrected chi connectivity index (χ4v) is 7.34. The number of nitrogens with one attached hydrogen (secondary N) is 1. The summed E-state index contributed by atoms with van der Waals surface area (Å²) in [4.78, 5) is 28.9. The molecule has 2 fully saturated rings. The van der Waals surface area contributed by atoms with Crippen LogP contribution in [0, 0.1) is 15.4 Å². The molecule has 0 unspecified atom stereocenters. The van der Waals surface area contributed by atoms with Gasteiger partial charge >= 0.3 is 0 Å². The van der Waals surface area contributed by atoms with Crippen LogP contribution in [0.3, 0.4) is 0 Å². The summed E-state index contributed by atoms with van der Waals surface area (Å²) in [5.41, 5.74) is 1.08. The molecule has 2 saturated carbocycles. The Morgan fingerprint density at radius 2 is 1.73 bits per heavy atom. The smallest absolute Gasteiger partial charge is 0.247 e. The Balaban J connectivity index is 1.66. The molecule has 1 aromatic carbocycles. The number of hydrogen-bond donors (Lipinski definition) is 4. The van der Waals surface area contributed by atoms with Crippen LogP contribution < -0.4 is 14.8 Å². The molecule has 0 heterocycles. The number of aliphatic hydroxyl groups is 3. The summed E-state index contributed by atoms with van der Waals surface area (Å²) >= 11 is 2.10. The summed E-state index contributed by atoms with van der Waals surface area (Å²) in [6, 6.07) is 2.84. The molecule has 0 aliphatic heterocycles. The van der Waals surface area contributed by atoms with Crippen LogP contribution in [0.25, 0.3) is 0 Å². The van der Waals surface area contributed by atoms with Gasteiger partial charge in [-0.1, -0.05) is 32.1 Å². The molecule has 0 saturated heterocycles. The van der Waals surface area contributed by atoms with Crippen molar-refractivity contribution in [2.75, 3.05) is 26.8 Å². The molecule has 4 rings (SSSR count). The van der Waals surface area contributed by atoms with Crippen molar-refractivity contribution in [3.05, 3.63) is 32.9 Å². The minimum absolute atomic E-state index is 0.0433. The van der Waals surface area contributed by atoms with Crippen molar-refractivity contribution in [2.24, 2.45) is 11.8 Å². The van der Waals surface area contributed by atoms with E-state index >= 15 is 0 Å². The fourth-order valence-electron chi connectivity index (χ4n) is 6.54. The monoisotopic (exact) mass is 684 g/mol. The van der Waals surface area contributed by atoms with Crippen LogP contribution in [-0.2, 0) is 16.2 Å². The first-order chi connectivity index (χ1) is 19.8. The maximum atomic E-state index is 13.9. The van der Waals surface area contributed by atoms with Crippen LogP contribution in [0.5, 0.6) is 11.5 Å². The van der Waals surface area contributed by atoms with E-state index in [0.717, 1.165) is 51.4 Å². The highest BCUT2D eigenvalue weighted by Crippen LogP contribution is 2.38. The van der Waals surface area contributed by atoms with Crippen LogP contribution >= 0.6 is 22.6 Å². The number of amides is 2. The van der Waals surface area contributed by atoms with Gasteiger partial charge in [-0.05, 0) is 83.9 Å². The Morgan fingerprint density at radius 1 is 1.05 bits per heavy atom. The molecule has 0 bridgehead atoms. The summed E-state index contributed by atoms with van der Waals surface area (Å²) in [7, 11) is 1.51. The molecule has 10 heteroatoms. The zero-order chi connectivity index (χ0) is 29.4. The van der Waals surface area contributed by atoms with Crippen molar-refractivity contribution in [3.63, 3.8) is 0 Å². The number of hydrogen-bond acceptors (Lipinski definition) is 7. The second-order valence-electron chi connectivity index (χ2n) is 11.7. The molecule has 0 spiro atoms. The van der Waals surface area contributed by atoms with Gasteiger partial charge in [0, 0.05) is 31.5 Å². The van der Waals surface area contributed by atoms with E-state index in [4.69, 9.17) is 9.47 Å². The van der Waals surface area contributed by atoms with Crippen LogP contribution in [0.2, 0.25) is 0 Å². The first kappa shape index (κ1) is 32.0. The molecule has 0 radical (unpaired) electrons. The molecule has 0 aromatic heterocycles. The highest BCUT2D eigenvalue weighted by Gasteiger charge is 2.42. The maximum Gasteiger partial charge on any atom is 0.247 e. The van der Waals surface area contributed by atoms with Gasteiger partial charge in [-0.3, -0.25) is 9.59 Å². The Morgan fingerprint density at radius 3 is 2.39 bits per heavy atom. The Kier molecular flexibility index (Phi) is 12.1. The van der Waals surface area contributed by atoms with Crippen LogP contribution in [0.1, 0.15) is 76.2 Å². The fraction of sp³-hybridized carbons (Fsp3) is 0.677. The first-order valence-electron chi connectivity index (χ1n) is 15.1. The third-order valence-corrected chi connectivity index (χ3v) is 9.58. The number of carbonyl (C=O) groups excluding carboxylic acids is 2. The van der Waals surface area contributed by atoms with E-state index in [1.165, 1.54) is 13.5 Å². The third-order valence-electron chi connectivity index (χ3n) is 8.78. The predicted molar refractivity (Wildman–Crippen MR) is 164 cm³/mol. The van der Waals surface area contributed by atoms with Crippen molar-refractivity contribution in [1.29, 1.82) is 0 Å². The van der Waals surface area contributed by atoms with Gasteiger partial charge in [-0.2, -0.15) is 0 Å². The molecule has 3 atom stereocenters. The van der Waals surface area contributed by atoms with Gasteiger partial charge in [0.2, 0.25) is 11.8 Å². The predicted octanol–water partition coefficient (Wildman–Crippen LogP) is 3.70. The van der Waals surface area contributed by atoms with Gasteiger partial charge in [0.05, 0.1) is 29.9 Å². The van der Waals surface area contributed by atoms with Crippen LogP contribution in [0.15, 0.2) is 23.8 Å². The molecular weight excluding hydrogens is 639 g/mol. The lowest BCUT2D eigenvalue weighted by Gasteiger charge is -2.42. The SMILES string of the molecule is COc1cc(CO)cc(I)c1O[C@H]1C=C(C(=O)NCCO)C[C@@H](N(CC2CCCCC2)C(=O)CC2CCCC2)[C@@H]1O. The molecule has 3 aliphatic carbocycles. The second-order valence-corrected chi connectivity index (χ2v) is 12.9. The Bertz CT molecular complexity index is 1070. The Labute approximate surface area is 256 Å². The minimum atomic E-state index is -1.07. The summed E-state index contributed by atoms with van der Waals surface area (Å²) < 4.78 is 12.6. The normalized spacial score (nSPS) is 23.6. The van der Waals surface area contributed by atoms with Gasteiger partial charge in [0.15, 0.2) is 11.5 Å². The van der Waals surface area contributed by atoms with E-state index in [-0.39, 0.29) is 38.0 Å². The standard InChI is InChI=1S/C31H45IN2O7/c1-40-27-14-22(19-36)13-24(32)30(27)41-26-17-23(31(39)33-11-12-35)16-25(29(26)38)34(18-21-9-3-2-4-10-21)28(37)15-20-7-5-6-8-20/h13-14,17,20-21,25-26,29,35-36,38H,2-12,15-16,18-19H2,1H3,(H,33,39)/t25-,26+,29+/m1/s1. The number of benzene rings is 1. The zero-order valence-electron chi connectivity index (χ0n) is 24.0. The molecular formula is C31H45IN2O7. The quantitative estimate of drug-likeness (QED) is 0.248. The lowest BCUT2D eigenvalue weighted by Crippen LogP contribution is -2.56. The van der Waals surface area contributed by atoms with E-state index < -0.39 is 18.2 Å². The van der Waals surface area contributed by atoms with Gasteiger partial charge in [-0.25, -0.2) is 0 Å². The van der Waals surface area contributed by atoms with Crippen molar-refractivity contribution >= 4 is 34.4 Å². The van der Waals surface area contributed by atoms with Crippen LogP contribution in [-0.4, -0.2) is 77.1 Å². The number of methoxy groups -OCH3 is 1. The number of nitrogens with zero attached hydrogens (tertiary/aromatic N) is 1. The van der Waals surface area contributed by atoms with E-state index in [2.05, 4.69) is 27.9 Å². The molecule has 9 nitrogen and oxygen atoms in total. The van der Waals surface area contributed by atoms with Gasteiger partial charge in [0.25, 0.3) is 0 Å². The van der Waals surface area contributed by atoms with Crippen molar-refractivity contribution in [3.8, 4) is 11.5 Å². The largest absolute Gasteiger partial charge is 0.493 e. The van der Waals surface area contributed by atoms with E-state index in [1.54, 1.807) is 18.2 Å². The molecule has 228 valence electrons.